The molecule has 108 valence electrons. The van der Waals surface area contributed by atoms with Crippen molar-refractivity contribution in [2.24, 2.45) is 0 Å². The second-order valence-electron chi connectivity index (χ2n) is 4.10. The fraction of sp³-hybridized carbons (Fsp3) is 0.133. The molecule has 0 unspecified atom stereocenters. The highest BCUT2D eigenvalue weighted by atomic mass is 19.4. The standard InChI is InChI=1S/C15H10F3NO2/c1-20-12-3-2-4-13(8-12)21-14-6-5-11(15(16,17)18)7-10(14)9-19/h2-8H,1H3. The van der Waals surface area contributed by atoms with Gasteiger partial charge in [-0.1, -0.05) is 6.07 Å². The summed E-state index contributed by atoms with van der Waals surface area (Å²) in [6.07, 6.45) is -4.50. The molecule has 0 aliphatic rings. The molecule has 0 fully saturated rings. The van der Waals surface area contributed by atoms with Gasteiger partial charge in [-0.05, 0) is 30.3 Å². The normalized spacial score (nSPS) is 10.8. The summed E-state index contributed by atoms with van der Waals surface area (Å²) in [4.78, 5) is 0. The Bertz CT molecular complexity index is 690. The Morgan fingerprint density at radius 2 is 1.76 bits per heavy atom. The van der Waals surface area contributed by atoms with Crippen molar-refractivity contribution in [3.05, 3.63) is 53.6 Å². The maximum atomic E-state index is 12.6. The fourth-order valence-electron chi connectivity index (χ4n) is 1.67. The minimum atomic E-state index is -4.50. The van der Waals surface area contributed by atoms with Crippen LogP contribution < -0.4 is 9.47 Å². The molecule has 2 aromatic rings. The highest BCUT2D eigenvalue weighted by Gasteiger charge is 2.31. The summed E-state index contributed by atoms with van der Waals surface area (Å²) in [7, 11) is 1.48. The number of ether oxygens (including phenoxy) is 2. The van der Waals surface area contributed by atoms with Crippen LogP contribution in [0.1, 0.15) is 11.1 Å². The van der Waals surface area contributed by atoms with Crippen LogP contribution in [0.15, 0.2) is 42.5 Å². The SMILES string of the molecule is COc1cccc(Oc2ccc(C(F)(F)F)cc2C#N)c1. The van der Waals surface area contributed by atoms with E-state index in [1.165, 1.54) is 7.11 Å². The lowest BCUT2D eigenvalue weighted by Gasteiger charge is -2.11. The fourth-order valence-corrected chi connectivity index (χ4v) is 1.67. The van der Waals surface area contributed by atoms with Gasteiger partial charge in [-0.25, -0.2) is 0 Å². The number of methoxy groups -OCH3 is 1. The largest absolute Gasteiger partial charge is 0.497 e. The lowest BCUT2D eigenvalue weighted by molar-refractivity contribution is -0.137. The number of halogens is 3. The molecule has 6 heteroatoms. The summed E-state index contributed by atoms with van der Waals surface area (Å²) in [6, 6.07) is 11.0. The van der Waals surface area contributed by atoms with E-state index < -0.39 is 11.7 Å². The molecule has 0 bridgehead atoms. The number of nitrogens with zero attached hydrogens (tertiary/aromatic N) is 1. The first-order valence-electron chi connectivity index (χ1n) is 5.87. The first-order chi connectivity index (χ1) is 9.94. The van der Waals surface area contributed by atoms with Crippen molar-refractivity contribution < 1.29 is 22.6 Å². The second kappa shape index (κ2) is 5.75. The van der Waals surface area contributed by atoms with Crippen LogP contribution in [-0.4, -0.2) is 7.11 Å². The molecular formula is C15H10F3NO2. The highest BCUT2D eigenvalue weighted by Crippen LogP contribution is 2.34. The van der Waals surface area contributed by atoms with Crippen LogP contribution in [0, 0.1) is 11.3 Å². The third-order valence-corrected chi connectivity index (χ3v) is 2.70. The number of rotatable bonds is 3. The van der Waals surface area contributed by atoms with E-state index >= 15 is 0 Å². The van der Waals surface area contributed by atoms with E-state index in [-0.39, 0.29) is 11.3 Å². The van der Waals surface area contributed by atoms with Gasteiger partial charge in [0.1, 0.15) is 23.3 Å². The van der Waals surface area contributed by atoms with Crippen molar-refractivity contribution in [3.63, 3.8) is 0 Å². The minimum Gasteiger partial charge on any atom is -0.497 e. The summed E-state index contributed by atoms with van der Waals surface area (Å²) in [5.41, 5.74) is -1.08. The summed E-state index contributed by atoms with van der Waals surface area (Å²) in [6.45, 7) is 0. The van der Waals surface area contributed by atoms with Crippen molar-refractivity contribution in [3.8, 4) is 23.3 Å². The van der Waals surface area contributed by atoms with E-state index in [9.17, 15) is 13.2 Å². The van der Waals surface area contributed by atoms with Crippen molar-refractivity contribution >= 4 is 0 Å². The van der Waals surface area contributed by atoms with Crippen molar-refractivity contribution in [2.75, 3.05) is 7.11 Å². The average molecular weight is 293 g/mol. The molecule has 0 aliphatic carbocycles. The Kier molecular flexibility index (Phi) is 4.03. The van der Waals surface area contributed by atoms with Crippen LogP contribution in [-0.2, 0) is 6.18 Å². The molecule has 2 aromatic carbocycles. The average Bonchev–Trinajstić information content (AvgIpc) is 2.46. The molecule has 2 rings (SSSR count). The van der Waals surface area contributed by atoms with Gasteiger partial charge in [0.05, 0.1) is 18.2 Å². The maximum absolute atomic E-state index is 12.6. The van der Waals surface area contributed by atoms with Crippen LogP contribution in [0.25, 0.3) is 0 Å². The Hall–Kier alpha value is -2.68. The highest BCUT2D eigenvalue weighted by molar-refractivity contribution is 5.48. The van der Waals surface area contributed by atoms with E-state index in [2.05, 4.69) is 0 Å². The van der Waals surface area contributed by atoms with Crippen molar-refractivity contribution in [1.29, 1.82) is 5.26 Å². The number of nitriles is 1. The van der Waals surface area contributed by atoms with Gasteiger partial charge in [0.25, 0.3) is 0 Å². The summed E-state index contributed by atoms with van der Waals surface area (Å²) in [5.74, 6) is 0.960. The zero-order chi connectivity index (χ0) is 15.5. The second-order valence-corrected chi connectivity index (χ2v) is 4.10. The molecule has 0 saturated heterocycles. The van der Waals surface area contributed by atoms with Gasteiger partial charge in [-0.2, -0.15) is 18.4 Å². The van der Waals surface area contributed by atoms with E-state index in [0.29, 0.717) is 11.5 Å². The first kappa shape index (κ1) is 14.7. The van der Waals surface area contributed by atoms with Gasteiger partial charge in [-0.3, -0.25) is 0 Å². The maximum Gasteiger partial charge on any atom is 0.416 e. The predicted molar refractivity (Wildman–Crippen MR) is 69.2 cm³/mol. The van der Waals surface area contributed by atoms with Gasteiger partial charge in [0.2, 0.25) is 0 Å². The van der Waals surface area contributed by atoms with Crippen LogP contribution in [0.2, 0.25) is 0 Å². The monoisotopic (exact) mass is 293 g/mol. The molecule has 0 heterocycles. The molecule has 0 atom stereocenters. The zero-order valence-corrected chi connectivity index (χ0v) is 10.9. The van der Waals surface area contributed by atoms with E-state index in [4.69, 9.17) is 14.7 Å². The Morgan fingerprint density at radius 3 is 2.38 bits per heavy atom. The van der Waals surface area contributed by atoms with Gasteiger partial charge >= 0.3 is 6.18 Å². The third kappa shape index (κ3) is 3.45. The number of hydrogen-bond donors (Lipinski definition) is 0. The van der Waals surface area contributed by atoms with Gasteiger partial charge in [0, 0.05) is 6.07 Å². The number of alkyl halides is 3. The number of hydrogen-bond acceptors (Lipinski definition) is 3. The summed E-state index contributed by atoms with van der Waals surface area (Å²) >= 11 is 0. The molecule has 0 aromatic heterocycles. The van der Waals surface area contributed by atoms with Crippen molar-refractivity contribution in [2.45, 2.75) is 6.18 Å². The lowest BCUT2D eigenvalue weighted by Crippen LogP contribution is -2.05. The predicted octanol–water partition coefficient (Wildman–Crippen LogP) is 4.38. The van der Waals surface area contributed by atoms with Gasteiger partial charge in [0.15, 0.2) is 0 Å². The molecule has 0 amide bonds. The van der Waals surface area contributed by atoms with E-state index in [1.54, 1.807) is 30.3 Å². The van der Waals surface area contributed by atoms with E-state index in [1.807, 2.05) is 0 Å². The summed E-state index contributed by atoms with van der Waals surface area (Å²) < 4.78 is 48.2. The molecule has 0 radical (unpaired) electrons. The molecule has 0 N–H and O–H groups in total. The van der Waals surface area contributed by atoms with Gasteiger partial charge in [-0.15, -0.1) is 0 Å². The molecular weight excluding hydrogens is 283 g/mol. The number of benzene rings is 2. The Labute approximate surface area is 119 Å². The third-order valence-electron chi connectivity index (χ3n) is 2.70. The smallest absolute Gasteiger partial charge is 0.416 e. The molecule has 0 spiro atoms. The van der Waals surface area contributed by atoms with Crippen LogP contribution in [0.3, 0.4) is 0 Å². The van der Waals surface area contributed by atoms with Crippen LogP contribution in [0.5, 0.6) is 17.2 Å². The quantitative estimate of drug-likeness (QED) is 0.843. The topological polar surface area (TPSA) is 42.2 Å². The first-order valence-corrected chi connectivity index (χ1v) is 5.87. The summed E-state index contributed by atoms with van der Waals surface area (Å²) in [5, 5.41) is 8.97. The molecule has 3 nitrogen and oxygen atoms in total. The lowest BCUT2D eigenvalue weighted by atomic mass is 10.1. The van der Waals surface area contributed by atoms with E-state index in [0.717, 1.165) is 18.2 Å². The van der Waals surface area contributed by atoms with Crippen molar-refractivity contribution in [1.82, 2.24) is 0 Å². The molecule has 21 heavy (non-hydrogen) atoms. The molecule has 0 aliphatic heterocycles. The zero-order valence-electron chi connectivity index (χ0n) is 10.9. The molecule has 0 saturated carbocycles. The Balaban J connectivity index is 2.34. The minimum absolute atomic E-state index is 0.0544. The van der Waals surface area contributed by atoms with Crippen LogP contribution >= 0.6 is 0 Å². The van der Waals surface area contributed by atoms with Crippen LogP contribution in [0.4, 0.5) is 13.2 Å². The Morgan fingerprint density at radius 1 is 1.05 bits per heavy atom. The van der Waals surface area contributed by atoms with Gasteiger partial charge < -0.3 is 9.47 Å².